The molecule has 0 aliphatic heterocycles. The van der Waals surface area contributed by atoms with E-state index < -0.39 is 16.1 Å². The Kier molecular flexibility index (Phi) is 11.0. The maximum Gasteiger partial charge on any atom is 0.242 e. The van der Waals surface area contributed by atoms with Crippen LogP contribution < -0.4 is 14.4 Å². The summed E-state index contributed by atoms with van der Waals surface area (Å²) in [5.41, 5.74) is 1.33. The van der Waals surface area contributed by atoms with Gasteiger partial charge in [-0.15, -0.1) is 0 Å². The van der Waals surface area contributed by atoms with E-state index in [-0.39, 0.29) is 43.8 Å². The van der Waals surface area contributed by atoms with Crippen molar-refractivity contribution < 1.29 is 22.7 Å². The Morgan fingerprint density at radius 3 is 2.19 bits per heavy atom. The maximum atomic E-state index is 13.3. The number of anilines is 1. The number of methoxy groups -OCH3 is 1. The standard InChI is InChI=1S/C26H36ClN3O5S/c1-6-19(2)28-26(32)20(3)29(18-21-9-15-24(35-4)16-10-21)25(31)8-7-17-30(36(5,33)34)23-13-11-22(27)12-14-23/h9-16,19-20H,6-8,17-18H2,1-5H3,(H,28,32). The van der Waals surface area contributed by atoms with Gasteiger partial charge in [0.1, 0.15) is 11.8 Å². The highest BCUT2D eigenvalue weighted by molar-refractivity contribution is 7.92. The van der Waals surface area contributed by atoms with Crippen LogP contribution in [0, 0.1) is 0 Å². The van der Waals surface area contributed by atoms with Crippen molar-refractivity contribution in [1.29, 1.82) is 0 Å². The number of sulfonamides is 1. The Bertz CT molecular complexity index is 1110. The fraction of sp³-hybridized carbons (Fsp3) is 0.462. The predicted molar refractivity (Wildman–Crippen MR) is 144 cm³/mol. The third kappa shape index (κ3) is 8.71. The zero-order valence-electron chi connectivity index (χ0n) is 21.5. The molecule has 2 aromatic carbocycles. The van der Waals surface area contributed by atoms with E-state index in [0.29, 0.717) is 16.5 Å². The molecule has 2 rings (SSSR count). The molecule has 0 aromatic heterocycles. The van der Waals surface area contributed by atoms with Gasteiger partial charge >= 0.3 is 0 Å². The summed E-state index contributed by atoms with van der Waals surface area (Å²) in [6, 6.07) is 13.1. The van der Waals surface area contributed by atoms with E-state index in [4.69, 9.17) is 16.3 Å². The Morgan fingerprint density at radius 1 is 1.06 bits per heavy atom. The molecule has 1 N–H and O–H groups in total. The molecule has 0 saturated heterocycles. The molecule has 36 heavy (non-hydrogen) atoms. The smallest absolute Gasteiger partial charge is 0.242 e. The number of benzene rings is 2. The number of carbonyl (C=O) groups is 2. The van der Waals surface area contributed by atoms with Crippen LogP contribution in [-0.4, -0.2) is 57.1 Å². The molecule has 2 atom stereocenters. The zero-order valence-corrected chi connectivity index (χ0v) is 23.1. The van der Waals surface area contributed by atoms with Crippen molar-refractivity contribution in [3.8, 4) is 5.75 Å². The lowest BCUT2D eigenvalue weighted by Gasteiger charge is -2.30. The Balaban J connectivity index is 2.17. The molecule has 2 aromatic rings. The average molecular weight is 538 g/mol. The third-order valence-corrected chi connectivity index (χ3v) is 7.39. The van der Waals surface area contributed by atoms with Crippen LogP contribution in [0.3, 0.4) is 0 Å². The third-order valence-electron chi connectivity index (χ3n) is 5.95. The van der Waals surface area contributed by atoms with Gasteiger partial charge in [-0.2, -0.15) is 0 Å². The minimum absolute atomic E-state index is 0.0133. The maximum absolute atomic E-state index is 13.3. The minimum Gasteiger partial charge on any atom is -0.497 e. The fourth-order valence-corrected chi connectivity index (χ4v) is 4.68. The van der Waals surface area contributed by atoms with Crippen LogP contribution in [0.15, 0.2) is 48.5 Å². The van der Waals surface area contributed by atoms with Gasteiger partial charge in [0.05, 0.1) is 19.1 Å². The van der Waals surface area contributed by atoms with Crippen molar-refractivity contribution in [3.63, 3.8) is 0 Å². The topological polar surface area (TPSA) is 96.0 Å². The molecule has 2 amide bonds. The first-order chi connectivity index (χ1) is 17.0. The van der Waals surface area contributed by atoms with Crippen molar-refractivity contribution in [3.05, 3.63) is 59.1 Å². The molecule has 198 valence electrons. The molecule has 0 aliphatic carbocycles. The quantitative estimate of drug-likeness (QED) is 0.412. The zero-order chi connectivity index (χ0) is 26.9. The lowest BCUT2D eigenvalue weighted by Crippen LogP contribution is -2.49. The fourth-order valence-electron chi connectivity index (χ4n) is 3.59. The second-order valence-electron chi connectivity index (χ2n) is 8.78. The lowest BCUT2D eigenvalue weighted by molar-refractivity contribution is -0.140. The van der Waals surface area contributed by atoms with Gasteiger partial charge < -0.3 is 15.0 Å². The summed E-state index contributed by atoms with van der Waals surface area (Å²) < 4.78 is 31.2. The SMILES string of the molecule is CCC(C)NC(=O)C(C)N(Cc1ccc(OC)cc1)C(=O)CCCN(c1ccc(Cl)cc1)S(C)(=O)=O. The molecule has 0 saturated carbocycles. The van der Waals surface area contributed by atoms with Gasteiger partial charge in [0.25, 0.3) is 0 Å². The summed E-state index contributed by atoms with van der Waals surface area (Å²) >= 11 is 5.93. The van der Waals surface area contributed by atoms with Crippen molar-refractivity contribution >= 4 is 39.1 Å². The first-order valence-corrected chi connectivity index (χ1v) is 14.1. The van der Waals surface area contributed by atoms with Crippen LogP contribution in [-0.2, 0) is 26.2 Å². The highest BCUT2D eigenvalue weighted by Crippen LogP contribution is 2.22. The summed E-state index contributed by atoms with van der Waals surface area (Å²) in [5.74, 6) is 0.231. The molecule has 2 unspecified atom stereocenters. The van der Waals surface area contributed by atoms with Crippen molar-refractivity contribution in [2.75, 3.05) is 24.2 Å². The van der Waals surface area contributed by atoms with Gasteiger partial charge in [0.15, 0.2) is 0 Å². The molecular weight excluding hydrogens is 502 g/mol. The molecule has 0 heterocycles. The number of hydrogen-bond acceptors (Lipinski definition) is 5. The molecule has 8 nitrogen and oxygen atoms in total. The number of nitrogens with one attached hydrogen (secondary N) is 1. The summed E-state index contributed by atoms with van der Waals surface area (Å²) in [6.45, 7) is 5.96. The highest BCUT2D eigenvalue weighted by atomic mass is 35.5. The van der Waals surface area contributed by atoms with Crippen molar-refractivity contribution in [2.45, 2.75) is 58.7 Å². The molecule has 0 bridgehead atoms. The number of hydrogen-bond donors (Lipinski definition) is 1. The van der Waals surface area contributed by atoms with Crippen LogP contribution in [0.1, 0.15) is 45.6 Å². The number of carbonyl (C=O) groups excluding carboxylic acids is 2. The summed E-state index contributed by atoms with van der Waals surface area (Å²) in [7, 11) is -1.98. The van der Waals surface area contributed by atoms with E-state index in [0.717, 1.165) is 18.2 Å². The van der Waals surface area contributed by atoms with Gasteiger partial charge in [-0.3, -0.25) is 13.9 Å². The van der Waals surface area contributed by atoms with Crippen LogP contribution in [0.5, 0.6) is 5.75 Å². The normalized spacial score (nSPS) is 12.9. The second-order valence-corrected chi connectivity index (χ2v) is 11.1. The largest absolute Gasteiger partial charge is 0.497 e. The van der Waals surface area contributed by atoms with E-state index in [9.17, 15) is 18.0 Å². The lowest BCUT2D eigenvalue weighted by atomic mass is 10.1. The first-order valence-electron chi connectivity index (χ1n) is 11.9. The van der Waals surface area contributed by atoms with Crippen molar-refractivity contribution in [2.24, 2.45) is 0 Å². The van der Waals surface area contributed by atoms with E-state index in [1.54, 1.807) is 50.4 Å². The molecule has 0 fully saturated rings. The number of ether oxygens (including phenoxy) is 1. The van der Waals surface area contributed by atoms with Gasteiger partial charge in [-0.1, -0.05) is 30.7 Å². The summed E-state index contributed by atoms with van der Waals surface area (Å²) in [6.07, 6.45) is 2.27. The molecule has 0 aliphatic rings. The Morgan fingerprint density at radius 2 is 1.67 bits per heavy atom. The molecular formula is C26H36ClN3O5S. The predicted octanol–water partition coefficient (Wildman–Crippen LogP) is 4.23. The second kappa shape index (κ2) is 13.5. The van der Waals surface area contributed by atoms with Crippen LogP contribution in [0.25, 0.3) is 0 Å². The molecule has 10 heteroatoms. The van der Waals surface area contributed by atoms with Crippen LogP contribution in [0.4, 0.5) is 5.69 Å². The summed E-state index contributed by atoms with van der Waals surface area (Å²) in [4.78, 5) is 27.7. The summed E-state index contributed by atoms with van der Waals surface area (Å²) in [5, 5.41) is 3.44. The Hall–Kier alpha value is -2.78. The number of nitrogens with zero attached hydrogens (tertiary/aromatic N) is 2. The molecule has 0 spiro atoms. The van der Waals surface area contributed by atoms with Crippen molar-refractivity contribution in [1.82, 2.24) is 10.2 Å². The highest BCUT2D eigenvalue weighted by Gasteiger charge is 2.27. The van der Waals surface area contributed by atoms with E-state index in [2.05, 4.69) is 5.32 Å². The van der Waals surface area contributed by atoms with Gasteiger partial charge in [0, 0.05) is 30.6 Å². The van der Waals surface area contributed by atoms with E-state index >= 15 is 0 Å². The van der Waals surface area contributed by atoms with Crippen LogP contribution in [0.2, 0.25) is 5.02 Å². The monoisotopic (exact) mass is 537 g/mol. The van der Waals surface area contributed by atoms with E-state index in [1.807, 2.05) is 26.0 Å². The van der Waals surface area contributed by atoms with Gasteiger partial charge in [0.2, 0.25) is 21.8 Å². The number of rotatable bonds is 13. The van der Waals surface area contributed by atoms with Gasteiger partial charge in [-0.05, 0) is 68.7 Å². The Labute approximate surface area is 219 Å². The minimum atomic E-state index is -3.56. The number of amides is 2. The van der Waals surface area contributed by atoms with Gasteiger partial charge in [-0.25, -0.2) is 8.42 Å². The molecule has 0 radical (unpaired) electrons. The number of halogens is 1. The first kappa shape index (κ1) is 29.5. The average Bonchev–Trinajstić information content (AvgIpc) is 2.84. The van der Waals surface area contributed by atoms with E-state index in [1.165, 1.54) is 9.21 Å². The van der Waals surface area contributed by atoms with Crippen LogP contribution >= 0.6 is 11.6 Å².